The van der Waals surface area contributed by atoms with Gasteiger partial charge in [0.1, 0.15) is 5.82 Å². The minimum atomic E-state index is -2.88. The van der Waals surface area contributed by atoms with Gasteiger partial charge in [0.15, 0.2) is 9.84 Å². The number of nitrogens with zero attached hydrogens (tertiary/aromatic N) is 2. The van der Waals surface area contributed by atoms with E-state index in [0.29, 0.717) is 38.2 Å². The number of carbonyl (C=O) groups is 1. The van der Waals surface area contributed by atoms with Crippen molar-refractivity contribution in [1.29, 1.82) is 0 Å². The van der Waals surface area contributed by atoms with Crippen molar-refractivity contribution < 1.29 is 17.6 Å². The third kappa shape index (κ3) is 3.90. The van der Waals surface area contributed by atoms with E-state index in [-0.39, 0.29) is 35.7 Å². The van der Waals surface area contributed by atoms with Crippen LogP contribution in [0.5, 0.6) is 0 Å². The molecule has 1 aromatic carbocycles. The van der Waals surface area contributed by atoms with Crippen molar-refractivity contribution in [1.82, 2.24) is 9.80 Å². The molecular weight excluding hydrogens is 319 g/mol. The van der Waals surface area contributed by atoms with Crippen LogP contribution in [0.2, 0.25) is 0 Å². The predicted molar refractivity (Wildman–Crippen MR) is 85.3 cm³/mol. The van der Waals surface area contributed by atoms with Crippen molar-refractivity contribution >= 4 is 15.7 Å². The van der Waals surface area contributed by atoms with Gasteiger partial charge in [0.25, 0.3) is 0 Å². The summed E-state index contributed by atoms with van der Waals surface area (Å²) >= 11 is 0. The monoisotopic (exact) mass is 340 g/mol. The highest BCUT2D eigenvalue weighted by atomic mass is 32.2. The molecule has 7 heteroatoms. The highest BCUT2D eigenvalue weighted by Gasteiger charge is 2.34. The minimum Gasteiger partial charge on any atom is -0.340 e. The van der Waals surface area contributed by atoms with E-state index in [4.69, 9.17) is 0 Å². The van der Waals surface area contributed by atoms with Gasteiger partial charge in [-0.1, -0.05) is 18.2 Å². The summed E-state index contributed by atoms with van der Waals surface area (Å²) in [4.78, 5) is 16.2. The molecule has 0 saturated carbocycles. The standard InChI is InChI=1S/C16H21FN2O3S/c17-15-4-2-1-3-13(15)11-16(20)19-8-6-18(7-9-19)14-5-10-23(21,22)12-14/h1-4,14H,5-12H2/t14-/m0/s1. The molecule has 0 aliphatic carbocycles. The summed E-state index contributed by atoms with van der Waals surface area (Å²) in [5.74, 6) is 0.0738. The van der Waals surface area contributed by atoms with Crippen molar-refractivity contribution in [3.05, 3.63) is 35.6 Å². The zero-order valence-electron chi connectivity index (χ0n) is 12.9. The highest BCUT2D eigenvalue weighted by Crippen LogP contribution is 2.19. The van der Waals surface area contributed by atoms with Crippen molar-refractivity contribution in [2.24, 2.45) is 0 Å². The van der Waals surface area contributed by atoms with Crippen molar-refractivity contribution in [2.75, 3.05) is 37.7 Å². The number of amides is 1. The maximum absolute atomic E-state index is 13.6. The molecule has 1 amide bonds. The summed E-state index contributed by atoms with van der Waals surface area (Å²) in [6.07, 6.45) is 0.760. The summed E-state index contributed by atoms with van der Waals surface area (Å²) in [7, 11) is -2.88. The van der Waals surface area contributed by atoms with Gasteiger partial charge in [-0.3, -0.25) is 9.69 Å². The van der Waals surface area contributed by atoms with E-state index in [2.05, 4.69) is 4.90 Å². The quantitative estimate of drug-likeness (QED) is 0.813. The van der Waals surface area contributed by atoms with E-state index in [1.807, 2.05) is 0 Å². The Morgan fingerprint density at radius 2 is 1.87 bits per heavy atom. The van der Waals surface area contributed by atoms with Crippen LogP contribution in [0.15, 0.2) is 24.3 Å². The van der Waals surface area contributed by atoms with E-state index in [0.717, 1.165) is 0 Å². The summed E-state index contributed by atoms with van der Waals surface area (Å²) in [5, 5.41) is 0. The molecular formula is C16H21FN2O3S. The summed E-state index contributed by atoms with van der Waals surface area (Å²) in [6, 6.07) is 6.42. The Bertz CT molecular complexity index is 684. The second-order valence-electron chi connectivity index (χ2n) is 6.24. The molecule has 0 spiro atoms. The fraction of sp³-hybridized carbons (Fsp3) is 0.562. The summed E-state index contributed by atoms with van der Waals surface area (Å²) in [6.45, 7) is 2.51. The Labute approximate surface area is 136 Å². The van der Waals surface area contributed by atoms with Crippen LogP contribution in [-0.4, -0.2) is 67.9 Å². The molecule has 1 aromatic rings. The van der Waals surface area contributed by atoms with Crippen LogP contribution in [0, 0.1) is 5.82 Å². The van der Waals surface area contributed by atoms with E-state index in [9.17, 15) is 17.6 Å². The Morgan fingerprint density at radius 1 is 1.17 bits per heavy atom. The van der Waals surface area contributed by atoms with E-state index >= 15 is 0 Å². The van der Waals surface area contributed by atoms with Crippen LogP contribution >= 0.6 is 0 Å². The number of carbonyl (C=O) groups excluding carboxylic acids is 1. The Morgan fingerprint density at radius 3 is 2.48 bits per heavy atom. The molecule has 2 aliphatic rings. The van der Waals surface area contributed by atoms with Crippen molar-refractivity contribution in [3.8, 4) is 0 Å². The SMILES string of the molecule is O=C(Cc1ccccc1F)N1CCN([C@H]2CCS(=O)(=O)C2)CC1. The predicted octanol–water partition coefficient (Wildman–Crippen LogP) is 0.700. The van der Waals surface area contributed by atoms with Gasteiger partial charge >= 0.3 is 0 Å². The topological polar surface area (TPSA) is 57.7 Å². The number of halogens is 1. The molecule has 5 nitrogen and oxygen atoms in total. The Balaban J connectivity index is 1.53. The van der Waals surface area contributed by atoms with Gasteiger partial charge < -0.3 is 4.90 Å². The average Bonchev–Trinajstić information content (AvgIpc) is 2.90. The molecule has 0 unspecified atom stereocenters. The molecule has 23 heavy (non-hydrogen) atoms. The number of hydrogen-bond acceptors (Lipinski definition) is 4. The second-order valence-corrected chi connectivity index (χ2v) is 8.47. The summed E-state index contributed by atoms with van der Waals surface area (Å²) < 4.78 is 36.7. The largest absolute Gasteiger partial charge is 0.340 e. The van der Waals surface area contributed by atoms with Crippen molar-refractivity contribution in [3.63, 3.8) is 0 Å². The first kappa shape index (κ1) is 16.4. The normalized spacial score (nSPS) is 24.7. The highest BCUT2D eigenvalue weighted by molar-refractivity contribution is 7.91. The van der Waals surface area contributed by atoms with Crippen LogP contribution in [0.3, 0.4) is 0 Å². The lowest BCUT2D eigenvalue weighted by Gasteiger charge is -2.37. The second kappa shape index (κ2) is 6.57. The van der Waals surface area contributed by atoms with E-state index in [1.165, 1.54) is 6.07 Å². The van der Waals surface area contributed by atoms with Crippen LogP contribution < -0.4 is 0 Å². The third-order valence-corrected chi connectivity index (χ3v) is 6.44. The molecule has 2 aliphatic heterocycles. The first-order chi connectivity index (χ1) is 10.9. The lowest BCUT2D eigenvalue weighted by atomic mass is 10.1. The number of rotatable bonds is 3. The average molecular weight is 340 g/mol. The molecule has 0 bridgehead atoms. The zero-order valence-corrected chi connectivity index (χ0v) is 13.8. The minimum absolute atomic E-state index is 0.0739. The smallest absolute Gasteiger partial charge is 0.227 e. The van der Waals surface area contributed by atoms with Gasteiger partial charge in [-0.2, -0.15) is 0 Å². The van der Waals surface area contributed by atoms with Crippen LogP contribution in [0.1, 0.15) is 12.0 Å². The fourth-order valence-electron chi connectivity index (χ4n) is 3.32. The van der Waals surface area contributed by atoms with Gasteiger partial charge in [0, 0.05) is 32.2 Å². The van der Waals surface area contributed by atoms with Gasteiger partial charge in [0.05, 0.1) is 17.9 Å². The lowest BCUT2D eigenvalue weighted by Crippen LogP contribution is -2.52. The first-order valence-corrected chi connectivity index (χ1v) is 9.72. The number of sulfone groups is 1. The molecule has 0 N–H and O–H groups in total. The van der Waals surface area contributed by atoms with E-state index < -0.39 is 9.84 Å². The molecule has 0 radical (unpaired) electrons. The third-order valence-electron chi connectivity index (χ3n) is 4.69. The maximum Gasteiger partial charge on any atom is 0.227 e. The Kier molecular flexibility index (Phi) is 4.68. The molecule has 126 valence electrons. The molecule has 0 aromatic heterocycles. The fourth-order valence-corrected chi connectivity index (χ4v) is 5.08. The van der Waals surface area contributed by atoms with Crippen LogP contribution in [0.25, 0.3) is 0 Å². The number of hydrogen-bond donors (Lipinski definition) is 0. The zero-order chi connectivity index (χ0) is 16.4. The van der Waals surface area contributed by atoms with Gasteiger partial charge in [-0.05, 0) is 18.1 Å². The number of benzene rings is 1. The van der Waals surface area contributed by atoms with Crippen LogP contribution in [0.4, 0.5) is 4.39 Å². The Hall–Kier alpha value is -1.47. The maximum atomic E-state index is 13.6. The van der Waals surface area contributed by atoms with Gasteiger partial charge in [-0.25, -0.2) is 12.8 Å². The van der Waals surface area contributed by atoms with Gasteiger partial charge in [0.2, 0.25) is 5.91 Å². The first-order valence-electron chi connectivity index (χ1n) is 7.90. The molecule has 2 heterocycles. The van der Waals surface area contributed by atoms with Crippen LogP contribution in [-0.2, 0) is 21.1 Å². The molecule has 3 rings (SSSR count). The summed E-state index contributed by atoms with van der Waals surface area (Å²) in [5.41, 5.74) is 0.418. The van der Waals surface area contributed by atoms with E-state index in [1.54, 1.807) is 23.1 Å². The molecule has 2 saturated heterocycles. The lowest BCUT2D eigenvalue weighted by molar-refractivity contribution is -0.132. The molecule has 2 fully saturated rings. The number of piperazine rings is 1. The molecule has 1 atom stereocenters. The van der Waals surface area contributed by atoms with Gasteiger partial charge in [-0.15, -0.1) is 0 Å². The van der Waals surface area contributed by atoms with Crippen molar-refractivity contribution in [2.45, 2.75) is 18.9 Å².